The highest BCUT2D eigenvalue weighted by atomic mass is 16.6. The Morgan fingerprint density at radius 3 is 2.18 bits per heavy atom. The van der Waals surface area contributed by atoms with Crippen LogP contribution < -0.4 is 16.0 Å². The van der Waals surface area contributed by atoms with Crippen LogP contribution in [0.15, 0.2) is 0 Å². The van der Waals surface area contributed by atoms with Crippen molar-refractivity contribution in [3.8, 4) is 0 Å². The van der Waals surface area contributed by atoms with Crippen LogP contribution in [-0.4, -0.2) is 71.3 Å². The van der Waals surface area contributed by atoms with Gasteiger partial charge in [-0.2, -0.15) is 0 Å². The second-order valence-corrected chi connectivity index (χ2v) is 12.9. The van der Waals surface area contributed by atoms with Gasteiger partial charge in [-0.3, -0.25) is 19.2 Å². The lowest BCUT2D eigenvalue weighted by Crippen LogP contribution is -2.58. The molecule has 2 saturated heterocycles. The van der Waals surface area contributed by atoms with Crippen molar-refractivity contribution in [2.24, 2.45) is 17.3 Å². The summed E-state index contributed by atoms with van der Waals surface area (Å²) in [5.74, 6) is -1.97. The molecular formula is C29H48N4O6. The molecule has 0 aromatic heterocycles. The fourth-order valence-corrected chi connectivity index (χ4v) is 6.23. The zero-order chi connectivity index (χ0) is 29.0. The van der Waals surface area contributed by atoms with E-state index in [1.54, 1.807) is 32.6 Å². The van der Waals surface area contributed by atoms with Gasteiger partial charge in [-0.15, -0.1) is 0 Å². The van der Waals surface area contributed by atoms with E-state index in [0.717, 1.165) is 44.9 Å². The van der Waals surface area contributed by atoms with E-state index < -0.39 is 47.4 Å². The van der Waals surface area contributed by atoms with Gasteiger partial charge >= 0.3 is 6.09 Å². The molecule has 2 heterocycles. The summed E-state index contributed by atoms with van der Waals surface area (Å²) in [6.07, 6.45) is 6.53. The Kier molecular flexibility index (Phi) is 10.0. The molecular weight excluding hydrogens is 500 g/mol. The summed E-state index contributed by atoms with van der Waals surface area (Å²) in [6, 6.07) is -2.51. The maximum absolute atomic E-state index is 13.9. The van der Waals surface area contributed by atoms with E-state index >= 15 is 0 Å². The number of amides is 4. The molecule has 0 unspecified atom stereocenters. The summed E-state index contributed by atoms with van der Waals surface area (Å²) in [7, 11) is 0. The van der Waals surface area contributed by atoms with Gasteiger partial charge in [0.2, 0.25) is 17.6 Å². The first kappa shape index (κ1) is 30.9. The van der Waals surface area contributed by atoms with Crippen molar-refractivity contribution in [2.75, 3.05) is 13.1 Å². The third kappa shape index (κ3) is 7.72. The number of likely N-dealkylation sites (N-methyl/N-ethyl adjacent to an activating group) is 1. The Balaban J connectivity index is 1.87. The van der Waals surface area contributed by atoms with E-state index in [1.165, 1.54) is 0 Å². The molecule has 0 bridgehead atoms. The first-order chi connectivity index (χ1) is 18.3. The van der Waals surface area contributed by atoms with E-state index in [0.29, 0.717) is 25.9 Å². The van der Waals surface area contributed by atoms with E-state index in [4.69, 9.17) is 4.74 Å². The van der Waals surface area contributed by atoms with Crippen molar-refractivity contribution in [1.82, 2.24) is 20.9 Å². The zero-order valence-corrected chi connectivity index (χ0v) is 24.6. The highest BCUT2D eigenvalue weighted by Crippen LogP contribution is 2.65. The quantitative estimate of drug-likeness (QED) is 0.463. The van der Waals surface area contributed by atoms with E-state index in [1.807, 2.05) is 0 Å². The van der Waals surface area contributed by atoms with Crippen molar-refractivity contribution in [2.45, 2.75) is 123 Å². The largest absolute Gasteiger partial charge is 0.444 e. The molecule has 5 atom stereocenters. The maximum Gasteiger partial charge on any atom is 0.408 e. The highest BCUT2D eigenvalue weighted by molar-refractivity contribution is 6.38. The van der Waals surface area contributed by atoms with Crippen LogP contribution in [0.1, 0.15) is 99.3 Å². The number of carbonyl (C=O) groups is 5. The second-order valence-electron chi connectivity index (χ2n) is 12.9. The summed E-state index contributed by atoms with van der Waals surface area (Å²) < 4.78 is 5.43. The molecule has 3 aliphatic rings. The van der Waals surface area contributed by atoms with E-state index in [2.05, 4.69) is 29.8 Å². The summed E-state index contributed by atoms with van der Waals surface area (Å²) in [6.45, 7) is 11.9. The molecule has 0 radical (unpaired) electrons. The predicted molar refractivity (Wildman–Crippen MR) is 147 cm³/mol. The Morgan fingerprint density at radius 2 is 1.59 bits per heavy atom. The van der Waals surface area contributed by atoms with Crippen LogP contribution in [0.3, 0.4) is 0 Å². The van der Waals surface area contributed by atoms with Crippen LogP contribution in [0.2, 0.25) is 0 Å². The second kappa shape index (κ2) is 12.7. The number of fused-ring (bicyclic) bond motifs is 3. The summed E-state index contributed by atoms with van der Waals surface area (Å²) in [5.41, 5.74) is -0.828. The highest BCUT2D eigenvalue weighted by Gasteiger charge is 2.69. The lowest BCUT2D eigenvalue weighted by molar-refractivity contribution is -0.144. The SMILES string of the molecule is CCNC(=O)C(=O)[C@H]1CCCCCCCCC[C@@H](NC(=O)OC(C)(C)C)C(=O)N2C[C@H]3[C@@H]([C@H]2C(=O)N1)C3(C)C. The van der Waals surface area contributed by atoms with Crippen molar-refractivity contribution in [3.05, 3.63) is 0 Å². The fraction of sp³-hybridized carbons (Fsp3) is 0.828. The average molecular weight is 549 g/mol. The first-order valence-corrected chi connectivity index (χ1v) is 14.7. The Bertz CT molecular complexity index is 943. The number of nitrogens with one attached hydrogen (secondary N) is 3. The number of Topliss-reactive ketones (excluding diaryl/α,β-unsaturated/α-hetero) is 1. The number of nitrogens with zero attached hydrogens (tertiary/aromatic N) is 1. The fourth-order valence-electron chi connectivity index (χ4n) is 6.23. The molecule has 10 nitrogen and oxygen atoms in total. The number of ketones is 1. The summed E-state index contributed by atoms with van der Waals surface area (Å²) >= 11 is 0. The monoisotopic (exact) mass is 548 g/mol. The van der Waals surface area contributed by atoms with Crippen molar-refractivity contribution in [3.63, 3.8) is 0 Å². The molecule has 3 rings (SSSR count). The molecule has 2 aliphatic heterocycles. The van der Waals surface area contributed by atoms with Gasteiger partial charge in [0.25, 0.3) is 5.91 Å². The number of hydrogen-bond donors (Lipinski definition) is 3. The lowest BCUT2D eigenvalue weighted by Gasteiger charge is -2.34. The molecule has 0 aromatic carbocycles. The number of rotatable bonds is 4. The van der Waals surface area contributed by atoms with Crippen LogP contribution in [0.25, 0.3) is 0 Å². The standard InChI is InChI=1S/C29H48N4O6/c1-7-30-25(36)23(34)19-15-13-11-9-8-10-12-14-16-20(32-27(38)39-28(2,3)4)26(37)33-17-18-21(29(18,5)6)22(33)24(35)31-19/h18-22H,7-17H2,1-6H3,(H,30,36)(H,31,35)(H,32,38)/t18-,19+,20+,21-,22-/m0/s1. The van der Waals surface area contributed by atoms with Crippen LogP contribution in [0, 0.1) is 17.3 Å². The number of carbonyl (C=O) groups excluding carboxylic acids is 5. The smallest absolute Gasteiger partial charge is 0.408 e. The molecule has 1 saturated carbocycles. The van der Waals surface area contributed by atoms with Crippen molar-refractivity contribution in [1.29, 1.82) is 0 Å². The van der Waals surface area contributed by atoms with Gasteiger partial charge < -0.3 is 25.6 Å². The van der Waals surface area contributed by atoms with Crippen molar-refractivity contribution >= 4 is 29.6 Å². The molecule has 10 heteroatoms. The molecule has 3 fully saturated rings. The van der Waals surface area contributed by atoms with Crippen LogP contribution in [0.5, 0.6) is 0 Å². The number of hydrogen-bond acceptors (Lipinski definition) is 6. The molecule has 1 aliphatic carbocycles. The number of piperidine rings is 1. The number of alkyl carbamates (subject to hydrolysis) is 1. The molecule has 4 amide bonds. The average Bonchev–Trinajstić information content (AvgIpc) is 3.16. The molecule has 220 valence electrons. The van der Waals surface area contributed by atoms with Crippen LogP contribution >= 0.6 is 0 Å². The van der Waals surface area contributed by atoms with Crippen LogP contribution in [-0.2, 0) is 23.9 Å². The minimum Gasteiger partial charge on any atom is -0.444 e. The van der Waals surface area contributed by atoms with Crippen molar-refractivity contribution < 1.29 is 28.7 Å². The maximum atomic E-state index is 13.9. The zero-order valence-electron chi connectivity index (χ0n) is 24.6. The van der Waals surface area contributed by atoms with Gasteiger partial charge in [0, 0.05) is 13.1 Å². The topological polar surface area (TPSA) is 134 Å². The van der Waals surface area contributed by atoms with Crippen LogP contribution in [0.4, 0.5) is 4.79 Å². The minimum atomic E-state index is -0.939. The van der Waals surface area contributed by atoms with Gasteiger partial charge in [-0.05, 0) is 57.8 Å². The number of ether oxygens (including phenoxy) is 1. The molecule has 3 N–H and O–H groups in total. The molecule has 0 aromatic rings. The van der Waals surface area contributed by atoms with Gasteiger partial charge in [0.15, 0.2) is 0 Å². The van der Waals surface area contributed by atoms with Gasteiger partial charge in [0.1, 0.15) is 17.7 Å². The first-order valence-electron chi connectivity index (χ1n) is 14.7. The minimum absolute atomic E-state index is 0.0530. The predicted octanol–water partition coefficient (Wildman–Crippen LogP) is 3.08. The van der Waals surface area contributed by atoms with Gasteiger partial charge in [0.05, 0.1) is 6.04 Å². The normalized spacial score (nSPS) is 29.9. The van der Waals surface area contributed by atoms with E-state index in [9.17, 15) is 24.0 Å². The summed E-state index contributed by atoms with van der Waals surface area (Å²) in [5, 5.41) is 8.17. The van der Waals surface area contributed by atoms with Gasteiger partial charge in [-0.1, -0.05) is 58.8 Å². The molecule has 39 heavy (non-hydrogen) atoms. The van der Waals surface area contributed by atoms with Gasteiger partial charge in [-0.25, -0.2) is 4.79 Å². The summed E-state index contributed by atoms with van der Waals surface area (Å²) in [4.78, 5) is 67.2. The Hall–Kier alpha value is -2.65. The molecule has 0 spiro atoms. The third-order valence-electron chi connectivity index (χ3n) is 8.43. The Labute approximate surface area is 232 Å². The Morgan fingerprint density at radius 1 is 1.00 bits per heavy atom. The third-order valence-corrected chi connectivity index (χ3v) is 8.43. The van der Waals surface area contributed by atoms with E-state index in [-0.39, 0.29) is 23.2 Å². The lowest BCUT2D eigenvalue weighted by atomic mass is 9.96.